The molecule has 6 heteroatoms. The molecular weight excluding hydrogens is 344 g/mol. The molecule has 1 aliphatic carbocycles. The van der Waals surface area contributed by atoms with Crippen LogP contribution in [0.3, 0.4) is 0 Å². The molecule has 5 nitrogen and oxygen atoms in total. The van der Waals surface area contributed by atoms with Crippen molar-refractivity contribution in [3.05, 3.63) is 22.6 Å². The van der Waals surface area contributed by atoms with Gasteiger partial charge in [0.15, 0.2) is 5.82 Å². The average molecular weight is 365 g/mol. The van der Waals surface area contributed by atoms with E-state index in [-0.39, 0.29) is 11.3 Å². The van der Waals surface area contributed by atoms with Gasteiger partial charge in [-0.2, -0.15) is 5.10 Å². The number of carbonyl (C=O) groups excluding carboxylic acids is 1. The number of halogens is 1. The lowest BCUT2D eigenvalue weighted by atomic mass is 9.68. The number of nitrogens with zero attached hydrogens (tertiary/aromatic N) is 3. The molecule has 0 saturated heterocycles. The molecule has 22 heavy (non-hydrogen) atoms. The van der Waals surface area contributed by atoms with Crippen molar-refractivity contribution in [2.24, 2.45) is 11.3 Å². The van der Waals surface area contributed by atoms with Crippen LogP contribution in [-0.2, 0) is 4.79 Å². The highest BCUT2D eigenvalue weighted by atomic mass is 79.9. The number of aromatic nitrogens is 3. The standard InChI is InChI=1S/C16H21BrN4O/c1-16(2,3)10-6-9(4-5-13(10)22)12-7-11(17)14-15(18)19-8-20-21(12)14/h7-10H,4-6H2,1-3H3,(H2,18,19,20). The van der Waals surface area contributed by atoms with Crippen LogP contribution < -0.4 is 5.73 Å². The van der Waals surface area contributed by atoms with E-state index in [1.54, 1.807) is 0 Å². The Morgan fingerprint density at radius 3 is 2.82 bits per heavy atom. The van der Waals surface area contributed by atoms with Crippen molar-refractivity contribution in [3.63, 3.8) is 0 Å². The number of nitrogen functional groups attached to an aromatic ring is 1. The van der Waals surface area contributed by atoms with Gasteiger partial charge in [-0.15, -0.1) is 0 Å². The van der Waals surface area contributed by atoms with Crippen LogP contribution in [0.2, 0.25) is 0 Å². The van der Waals surface area contributed by atoms with E-state index in [1.807, 2.05) is 4.52 Å². The van der Waals surface area contributed by atoms with Crippen molar-refractivity contribution in [2.45, 2.75) is 46.0 Å². The number of ketones is 1. The highest BCUT2D eigenvalue weighted by Gasteiger charge is 2.38. The van der Waals surface area contributed by atoms with Gasteiger partial charge in [0.25, 0.3) is 0 Å². The number of carbonyl (C=O) groups is 1. The first-order valence-corrected chi connectivity index (χ1v) is 8.38. The molecule has 1 fully saturated rings. The van der Waals surface area contributed by atoms with Gasteiger partial charge in [0, 0.05) is 28.4 Å². The fourth-order valence-corrected chi connectivity index (χ4v) is 4.07. The number of nitrogens with two attached hydrogens (primary N) is 1. The molecule has 0 aliphatic heterocycles. The van der Waals surface area contributed by atoms with Crippen LogP contribution in [0.4, 0.5) is 5.82 Å². The third kappa shape index (κ3) is 2.53. The Hall–Kier alpha value is -1.43. The van der Waals surface area contributed by atoms with E-state index >= 15 is 0 Å². The second-order valence-corrected chi connectivity index (χ2v) is 8.03. The van der Waals surface area contributed by atoms with E-state index in [1.165, 1.54) is 6.33 Å². The zero-order valence-electron chi connectivity index (χ0n) is 13.1. The summed E-state index contributed by atoms with van der Waals surface area (Å²) in [6.45, 7) is 6.43. The first-order chi connectivity index (χ1) is 10.3. The van der Waals surface area contributed by atoms with E-state index in [0.717, 1.165) is 28.5 Å². The van der Waals surface area contributed by atoms with Gasteiger partial charge in [-0.05, 0) is 40.3 Å². The van der Waals surface area contributed by atoms with Gasteiger partial charge in [-0.25, -0.2) is 9.50 Å². The summed E-state index contributed by atoms with van der Waals surface area (Å²) in [6, 6.07) is 2.07. The van der Waals surface area contributed by atoms with E-state index in [0.29, 0.717) is 23.9 Å². The average Bonchev–Trinajstić information content (AvgIpc) is 2.77. The zero-order valence-corrected chi connectivity index (χ0v) is 14.7. The topological polar surface area (TPSA) is 73.3 Å². The third-order valence-corrected chi connectivity index (χ3v) is 5.28. The molecule has 0 amide bonds. The van der Waals surface area contributed by atoms with Crippen molar-refractivity contribution in [1.29, 1.82) is 0 Å². The second kappa shape index (κ2) is 5.33. The molecule has 0 spiro atoms. The smallest absolute Gasteiger partial charge is 0.152 e. The highest BCUT2D eigenvalue weighted by Crippen LogP contribution is 2.43. The van der Waals surface area contributed by atoms with E-state index < -0.39 is 0 Å². The van der Waals surface area contributed by atoms with E-state index in [4.69, 9.17) is 5.73 Å². The van der Waals surface area contributed by atoms with Crippen LogP contribution in [0.15, 0.2) is 16.9 Å². The molecule has 2 unspecified atom stereocenters. The molecule has 0 radical (unpaired) electrons. The minimum Gasteiger partial charge on any atom is -0.382 e. The normalized spacial score (nSPS) is 23.2. The minimum absolute atomic E-state index is 0.00589. The maximum atomic E-state index is 12.3. The Labute approximate surface area is 138 Å². The number of hydrogen-bond acceptors (Lipinski definition) is 4. The van der Waals surface area contributed by atoms with Gasteiger partial charge in [-0.1, -0.05) is 20.8 Å². The Morgan fingerprint density at radius 1 is 1.41 bits per heavy atom. The summed E-state index contributed by atoms with van der Waals surface area (Å²) in [6.07, 6.45) is 3.85. The maximum Gasteiger partial charge on any atom is 0.152 e. The molecular formula is C16H21BrN4O. The van der Waals surface area contributed by atoms with Crippen molar-refractivity contribution >= 4 is 33.0 Å². The summed E-state index contributed by atoms with van der Waals surface area (Å²) in [5, 5.41) is 4.35. The van der Waals surface area contributed by atoms with Gasteiger partial charge in [0.05, 0.1) is 0 Å². The second-order valence-electron chi connectivity index (χ2n) is 7.18. The number of Topliss-reactive ketones (excluding diaryl/α,β-unsaturated/α-hetero) is 1. The van der Waals surface area contributed by atoms with Crippen LogP contribution in [0.5, 0.6) is 0 Å². The molecule has 2 heterocycles. The third-order valence-electron chi connectivity index (χ3n) is 4.68. The van der Waals surface area contributed by atoms with Crippen molar-refractivity contribution in [2.75, 3.05) is 5.73 Å². The quantitative estimate of drug-likeness (QED) is 0.839. The van der Waals surface area contributed by atoms with Crippen LogP contribution >= 0.6 is 15.9 Å². The van der Waals surface area contributed by atoms with Crippen molar-refractivity contribution < 1.29 is 4.79 Å². The minimum atomic E-state index is -0.00589. The highest BCUT2D eigenvalue weighted by molar-refractivity contribution is 9.10. The van der Waals surface area contributed by atoms with E-state index in [2.05, 4.69) is 52.9 Å². The van der Waals surface area contributed by atoms with Crippen molar-refractivity contribution in [1.82, 2.24) is 14.6 Å². The predicted octanol–water partition coefficient (Wildman–Crippen LogP) is 3.57. The van der Waals surface area contributed by atoms with E-state index in [9.17, 15) is 4.79 Å². The molecule has 0 bridgehead atoms. The fourth-order valence-electron chi connectivity index (χ4n) is 3.47. The SMILES string of the molecule is CC(C)(C)C1CC(c2cc(Br)c3c(N)ncnn23)CCC1=O. The number of hydrogen-bond donors (Lipinski definition) is 1. The van der Waals surface area contributed by atoms with Gasteiger partial charge in [0.1, 0.15) is 17.6 Å². The summed E-state index contributed by atoms with van der Waals surface area (Å²) in [4.78, 5) is 16.3. The Morgan fingerprint density at radius 2 is 2.14 bits per heavy atom. The molecule has 2 atom stereocenters. The van der Waals surface area contributed by atoms with Crippen LogP contribution in [0, 0.1) is 11.3 Å². The van der Waals surface area contributed by atoms with Gasteiger partial charge >= 0.3 is 0 Å². The monoisotopic (exact) mass is 364 g/mol. The lowest BCUT2D eigenvalue weighted by Crippen LogP contribution is -2.34. The Bertz CT molecular complexity index is 732. The molecule has 3 rings (SSSR count). The molecule has 118 valence electrons. The molecule has 0 aromatic carbocycles. The van der Waals surface area contributed by atoms with Crippen LogP contribution in [0.25, 0.3) is 5.52 Å². The summed E-state index contributed by atoms with van der Waals surface area (Å²) < 4.78 is 2.77. The summed E-state index contributed by atoms with van der Waals surface area (Å²) in [7, 11) is 0. The van der Waals surface area contributed by atoms with Gasteiger partial charge in [0.2, 0.25) is 0 Å². The molecule has 2 aromatic heterocycles. The Kier molecular flexibility index (Phi) is 3.75. The predicted molar refractivity (Wildman–Crippen MR) is 89.6 cm³/mol. The van der Waals surface area contributed by atoms with Crippen molar-refractivity contribution in [3.8, 4) is 0 Å². The van der Waals surface area contributed by atoms with Gasteiger partial charge < -0.3 is 5.73 Å². The molecule has 1 aliphatic rings. The van der Waals surface area contributed by atoms with Gasteiger partial charge in [-0.3, -0.25) is 4.79 Å². The summed E-state index contributed by atoms with van der Waals surface area (Å²) >= 11 is 3.55. The summed E-state index contributed by atoms with van der Waals surface area (Å²) in [5.74, 6) is 1.26. The number of anilines is 1. The number of rotatable bonds is 1. The first kappa shape index (κ1) is 15.5. The molecule has 1 saturated carbocycles. The summed E-state index contributed by atoms with van der Waals surface area (Å²) in [5.41, 5.74) is 7.87. The number of fused-ring (bicyclic) bond motifs is 1. The lowest BCUT2D eigenvalue weighted by molar-refractivity contribution is -0.128. The lowest BCUT2D eigenvalue weighted by Gasteiger charge is -2.36. The Balaban J connectivity index is 2.02. The molecule has 2 aromatic rings. The largest absolute Gasteiger partial charge is 0.382 e. The van der Waals surface area contributed by atoms with Crippen LogP contribution in [-0.4, -0.2) is 20.4 Å². The molecule has 2 N–H and O–H groups in total. The first-order valence-electron chi connectivity index (χ1n) is 7.59. The fraction of sp³-hybridized carbons (Fsp3) is 0.562. The zero-order chi connectivity index (χ0) is 16.1. The maximum absolute atomic E-state index is 12.3. The van der Waals surface area contributed by atoms with Crippen LogP contribution in [0.1, 0.15) is 51.6 Å².